The highest BCUT2D eigenvalue weighted by Crippen LogP contribution is 2.30. The molecule has 0 bridgehead atoms. The molecule has 1 unspecified atom stereocenters. The maximum Gasteiger partial charge on any atom is 0.415 e. The van der Waals surface area contributed by atoms with Gasteiger partial charge in [0.25, 0.3) is 5.91 Å². The minimum Gasteiger partial charge on any atom is -0.322 e. The number of para-hydroxylation sites is 1. The molecular formula is C13H11BrF3N3O. The van der Waals surface area contributed by atoms with Gasteiger partial charge in [-0.1, -0.05) is 12.1 Å². The zero-order chi connectivity index (χ0) is 15.8. The van der Waals surface area contributed by atoms with Gasteiger partial charge in [-0.15, -0.1) is 0 Å². The Morgan fingerprint density at radius 3 is 2.67 bits per heavy atom. The number of amides is 1. The number of benzene rings is 1. The quantitative estimate of drug-likeness (QED) is 0.862. The molecule has 0 spiro atoms. The molecule has 21 heavy (non-hydrogen) atoms. The Labute approximate surface area is 126 Å². The van der Waals surface area contributed by atoms with Gasteiger partial charge in [-0.2, -0.15) is 13.2 Å². The van der Waals surface area contributed by atoms with Crippen LogP contribution in [0.5, 0.6) is 0 Å². The minimum absolute atomic E-state index is 0.172. The van der Waals surface area contributed by atoms with Gasteiger partial charge in [0.05, 0.1) is 11.2 Å². The van der Waals surface area contributed by atoms with E-state index >= 15 is 0 Å². The van der Waals surface area contributed by atoms with Crippen LogP contribution in [0, 0.1) is 0 Å². The summed E-state index contributed by atoms with van der Waals surface area (Å²) in [5.41, 5.74) is 2.66. The second-order valence-electron chi connectivity index (χ2n) is 4.69. The van der Waals surface area contributed by atoms with E-state index in [1.54, 1.807) is 18.2 Å². The number of aromatic nitrogens is 1. The number of nitrogens with zero attached hydrogens (tertiary/aromatic N) is 1. The van der Waals surface area contributed by atoms with E-state index < -0.39 is 17.6 Å². The molecule has 1 heterocycles. The normalized spacial score (nSPS) is 14.8. The molecule has 0 saturated heterocycles. The maximum absolute atomic E-state index is 12.7. The van der Waals surface area contributed by atoms with Crippen molar-refractivity contribution >= 4 is 38.4 Å². The predicted molar refractivity (Wildman–Crippen MR) is 76.7 cm³/mol. The van der Waals surface area contributed by atoms with E-state index in [-0.39, 0.29) is 5.69 Å². The Morgan fingerprint density at radius 2 is 2.05 bits per heavy atom. The van der Waals surface area contributed by atoms with E-state index in [9.17, 15) is 18.0 Å². The summed E-state index contributed by atoms with van der Waals surface area (Å²) >= 11 is 3.25. The number of carbonyl (C=O) groups excluding carboxylic acids is 1. The van der Waals surface area contributed by atoms with Crippen LogP contribution in [0.3, 0.4) is 0 Å². The monoisotopic (exact) mass is 361 g/mol. The van der Waals surface area contributed by atoms with Gasteiger partial charge in [-0.3, -0.25) is 9.78 Å². The van der Waals surface area contributed by atoms with Crippen LogP contribution in [-0.2, 0) is 4.79 Å². The summed E-state index contributed by atoms with van der Waals surface area (Å²) in [5.74, 6) is -1.34. The molecule has 4 nitrogen and oxygen atoms in total. The lowest BCUT2D eigenvalue weighted by Gasteiger charge is -2.26. The SMILES string of the molecule is CC(N)(C(=O)Nc1cccc2cc(Br)cnc12)C(F)(F)F. The molecule has 1 aromatic carbocycles. The summed E-state index contributed by atoms with van der Waals surface area (Å²) in [6.45, 7) is 0.623. The van der Waals surface area contributed by atoms with Crippen molar-refractivity contribution in [3.05, 3.63) is 34.9 Å². The number of carbonyl (C=O) groups is 1. The molecule has 112 valence electrons. The highest BCUT2D eigenvalue weighted by molar-refractivity contribution is 9.10. The Bertz CT molecular complexity index is 701. The maximum atomic E-state index is 12.7. The summed E-state index contributed by atoms with van der Waals surface area (Å²) < 4.78 is 39.0. The molecule has 0 saturated carbocycles. The average Bonchev–Trinajstić information content (AvgIpc) is 2.37. The van der Waals surface area contributed by atoms with Gasteiger partial charge < -0.3 is 11.1 Å². The number of hydrogen-bond acceptors (Lipinski definition) is 3. The molecule has 1 aromatic heterocycles. The number of fused-ring (bicyclic) bond motifs is 1. The molecule has 0 radical (unpaired) electrons. The molecule has 8 heteroatoms. The van der Waals surface area contributed by atoms with E-state index in [2.05, 4.69) is 26.2 Å². The Kier molecular flexibility index (Phi) is 3.94. The Balaban J connectivity index is 2.39. The standard InChI is InChI=1S/C13H11BrF3N3O/c1-12(18,13(15,16)17)11(21)20-9-4-2-3-7-5-8(14)6-19-10(7)9/h2-6H,18H2,1H3,(H,20,21). The van der Waals surface area contributed by atoms with Crippen LogP contribution in [0.25, 0.3) is 10.9 Å². The Hall–Kier alpha value is -1.67. The molecule has 3 N–H and O–H groups in total. The van der Waals surface area contributed by atoms with Gasteiger partial charge in [0.15, 0.2) is 5.54 Å². The third-order valence-electron chi connectivity index (χ3n) is 2.99. The van der Waals surface area contributed by atoms with Crippen LogP contribution in [0.4, 0.5) is 18.9 Å². The number of nitrogens with one attached hydrogen (secondary N) is 1. The summed E-state index contributed by atoms with van der Waals surface area (Å²) in [4.78, 5) is 15.9. The third-order valence-corrected chi connectivity index (χ3v) is 3.42. The van der Waals surface area contributed by atoms with Crippen molar-refractivity contribution in [3.8, 4) is 0 Å². The van der Waals surface area contributed by atoms with E-state index in [4.69, 9.17) is 5.73 Å². The second-order valence-corrected chi connectivity index (χ2v) is 5.60. The fraction of sp³-hybridized carbons (Fsp3) is 0.231. The van der Waals surface area contributed by atoms with Gasteiger partial charge in [-0.25, -0.2) is 0 Å². The van der Waals surface area contributed by atoms with E-state index in [1.807, 2.05) is 0 Å². The molecule has 1 atom stereocenters. The first-order valence-electron chi connectivity index (χ1n) is 5.84. The third kappa shape index (κ3) is 3.01. The van der Waals surface area contributed by atoms with Crippen LogP contribution in [0.2, 0.25) is 0 Å². The number of halogens is 4. The largest absolute Gasteiger partial charge is 0.415 e. The van der Waals surface area contributed by atoms with Crippen LogP contribution in [0.1, 0.15) is 6.92 Å². The lowest BCUT2D eigenvalue weighted by atomic mass is 10.0. The van der Waals surface area contributed by atoms with Crippen molar-refractivity contribution in [1.82, 2.24) is 4.98 Å². The smallest absolute Gasteiger partial charge is 0.322 e. The van der Waals surface area contributed by atoms with Crippen molar-refractivity contribution in [2.24, 2.45) is 5.73 Å². The number of hydrogen-bond donors (Lipinski definition) is 2. The fourth-order valence-corrected chi connectivity index (χ4v) is 1.96. The number of alkyl halides is 3. The Morgan fingerprint density at radius 1 is 1.38 bits per heavy atom. The molecule has 0 aliphatic heterocycles. The van der Waals surface area contributed by atoms with Crippen LogP contribution >= 0.6 is 15.9 Å². The average molecular weight is 362 g/mol. The number of anilines is 1. The van der Waals surface area contributed by atoms with Crippen molar-refractivity contribution < 1.29 is 18.0 Å². The highest BCUT2D eigenvalue weighted by atomic mass is 79.9. The van der Waals surface area contributed by atoms with Gasteiger partial charge in [0, 0.05) is 16.1 Å². The molecule has 1 amide bonds. The summed E-state index contributed by atoms with van der Waals surface area (Å²) in [7, 11) is 0. The van der Waals surface area contributed by atoms with Crippen molar-refractivity contribution in [2.75, 3.05) is 5.32 Å². The van der Waals surface area contributed by atoms with Gasteiger partial charge in [0.2, 0.25) is 0 Å². The fourth-order valence-electron chi connectivity index (χ4n) is 1.62. The van der Waals surface area contributed by atoms with Gasteiger partial charge >= 0.3 is 6.18 Å². The van der Waals surface area contributed by atoms with Crippen molar-refractivity contribution in [2.45, 2.75) is 18.6 Å². The number of nitrogens with two attached hydrogens (primary N) is 1. The molecule has 2 rings (SSSR count). The topological polar surface area (TPSA) is 68.0 Å². The summed E-state index contributed by atoms with van der Waals surface area (Å²) in [6, 6.07) is 6.54. The first-order valence-corrected chi connectivity index (χ1v) is 6.63. The zero-order valence-electron chi connectivity index (χ0n) is 10.8. The zero-order valence-corrected chi connectivity index (χ0v) is 12.4. The number of rotatable bonds is 2. The van der Waals surface area contributed by atoms with E-state index in [0.717, 1.165) is 4.47 Å². The van der Waals surface area contributed by atoms with Crippen molar-refractivity contribution in [3.63, 3.8) is 0 Å². The first-order chi connectivity index (χ1) is 9.63. The van der Waals surface area contributed by atoms with Crippen LogP contribution < -0.4 is 11.1 Å². The minimum atomic E-state index is -4.85. The van der Waals surface area contributed by atoms with Crippen LogP contribution in [0.15, 0.2) is 34.9 Å². The molecule has 2 aromatic rings. The second kappa shape index (κ2) is 5.27. The first kappa shape index (κ1) is 15.7. The van der Waals surface area contributed by atoms with Crippen molar-refractivity contribution in [1.29, 1.82) is 0 Å². The summed E-state index contributed by atoms with van der Waals surface area (Å²) in [6.07, 6.45) is -3.36. The molecule has 0 aliphatic carbocycles. The predicted octanol–water partition coefficient (Wildman–Crippen LogP) is 3.22. The summed E-state index contributed by atoms with van der Waals surface area (Å²) in [5, 5.41) is 2.86. The lowest BCUT2D eigenvalue weighted by Crippen LogP contribution is -2.59. The molecule has 0 aliphatic rings. The van der Waals surface area contributed by atoms with Gasteiger partial charge in [0.1, 0.15) is 0 Å². The lowest BCUT2D eigenvalue weighted by molar-refractivity contribution is -0.184. The van der Waals surface area contributed by atoms with E-state index in [0.29, 0.717) is 17.8 Å². The highest BCUT2D eigenvalue weighted by Gasteiger charge is 2.54. The van der Waals surface area contributed by atoms with E-state index in [1.165, 1.54) is 12.3 Å². The number of pyridine rings is 1. The molecular weight excluding hydrogens is 351 g/mol. The molecule has 0 fully saturated rings. The van der Waals surface area contributed by atoms with Gasteiger partial charge in [-0.05, 0) is 35.0 Å². The van der Waals surface area contributed by atoms with Crippen LogP contribution in [-0.4, -0.2) is 22.6 Å².